The maximum atomic E-state index is 14.0. The summed E-state index contributed by atoms with van der Waals surface area (Å²) in [6, 6.07) is 5.38. The molecule has 1 N–H and O–H groups in total. The minimum absolute atomic E-state index is 0.102. The van der Waals surface area contributed by atoms with Crippen LogP contribution in [0.2, 0.25) is 0 Å². The fourth-order valence-electron chi connectivity index (χ4n) is 5.97. The molecule has 2 aliphatic rings. The monoisotopic (exact) mass is 452 g/mol. The molecule has 176 valence electrons. The first-order valence-electron chi connectivity index (χ1n) is 12.3. The van der Waals surface area contributed by atoms with Gasteiger partial charge in [0.2, 0.25) is 0 Å². The van der Waals surface area contributed by atoms with Crippen molar-refractivity contribution in [2.24, 2.45) is 0 Å². The van der Waals surface area contributed by atoms with Gasteiger partial charge in [-0.05, 0) is 76.8 Å². The fourth-order valence-corrected chi connectivity index (χ4v) is 5.97. The number of carbonyl (C=O) groups excluding carboxylic acids is 1. The number of hydrogen-bond donors (Lipinski definition) is 1. The highest BCUT2D eigenvalue weighted by molar-refractivity contribution is 5.99. The van der Waals surface area contributed by atoms with Crippen molar-refractivity contribution in [1.29, 1.82) is 0 Å². The van der Waals surface area contributed by atoms with E-state index in [1.165, 1.54) is 12.1 Å². The Hall–Kier alpha value is -2.67. The van der Waals surface area contributed by atoms with Gasteiger partial charge in [-0.1, -0.05) is 12.8 Å². The molecule has 1 unspecified atom stereocenters. The summed E-state index contributed by atoms with van der Waals surface area (Å²) in [5.74, 6) is -0.540. The van der Waals surface area contributed by atoms with Crippen LogP contribution in [0.15, 0.2) is 29.2 Å². The molecule has 1 aliphatic carbocycles. The van der Waals surface area contributed by atoms with Gasteiger partial charge in [-0.25, -0.2) is 4.39 Å². The molecule has 0 bridgehead atoms. The van der Waals surface area contributed by atoms with Crippen LogP contribution in [0, 0.1) is 12.7 Å². The lowest BCUT2D eigenvalue weighted by Gasteiger charge is -2.28. The van der Waals surface area contributed by atoms with E-state index in [0.29, 0.717) is 40.7 Å². The third-order valence-corrected chi connectivity index (χ3v) is 7.66. The van der Waals surface area contributed by atoms with Crippen LogP contribution in [0.25, 0.3) is 16.4 Å². The average Bonchev–Trinajstić information content (AvgIpc) is 3.53. The fraction of sp³-hybridized carbons (Fsp3) is 0.538. The Labute approximate surface area is 193 Å². The summed E-state index contributed by atoms with van der Waals surface area (Å²) < 4.78 is 17.5. The SMILES string of the molecule is Cc1c2cc(F)ccc2n2c(C(=O)NCC3CCCN3C(C)C)cn(C3CCCC3)c(=O)c12. The maximum absolute atomic E-state index is 14.0. The first-order valence-corrected chi connectivity index (χ1v) is 12.3. The Morgan fingerprint density at radius 1 is 1.18 bits per heavy atom. The molecule has 2 aromatic heterocycles. The van der Waals surface area contributed by atoms with Crippen molar-refractivity contribution in [3.8, 4) is 0 Å². The predicted octanol–water partition coefficient (Wildman–Crippen LogP) is 4.42. The zero-order valence-corrected chi connectivity index (χ0v) is 19.7. The number of rotatable bonds is 5. The quantitative estimate of drug-likeness (QED) is 0.624. The molecule has 1 atom stereocenters. The van der Waals surface area contributed by atoms with Gasteiger partial charge in [0.25, 0.3) is 11.5 Å². The van der Waals surface area contributed by atoms with Crippen molar-refractivity contribution in [3.63, 3.8) is 0 Å². The van der Waals surface area contributed by atoms with Crippen molar-refractivity contribution >= 4 is 22.3 Å². The van der Waals surface area contributed by atoms with Gasteiger partial charge in [0, 0.05) is 36.3 Å². The number of hydrogen-bond acceptors (Lipinski definition) is 3. The molecule has 3 aromatic rings. The number of halogens is 1. The molecule has 33 heavy (non-hydrogen) atoms. The lowest BCUT2D eigenvalue weighted by Crippen LogP contribution is -2.43. The topological polar surface area (TPSA) is 58.8 Å². The van der Waals surface area contributed by atoms with Crippen LogP contribution in [0.5, 0.6) is 0 Å². The van der Waals surface area contributed by atoms with Gasteiger partial charge in [-0.15, -0.1) is 0 Å². The largest absolute Gasteiger partial charge is 0.349 e. The van der Waals surface area contributed by atoms with E-state index in [1.54, 1.807) is 21.2 Å². The Morgan fingerprint density at radius 2 is 1.94 bits per heavy atom. The third-order valence-electron chi connectivity index (χ3n) is 7.66. The smallest absolute Gasteiger partial charge is 0.275 e. The highest BCUT2D eigenvalue weighted by atomic mass is 19.1. The summed E-state index contributed by atoms with van der Waals surface area (Å²) in [5, 5.41) is 3.82. The van der Waals surface area contributed by atoms with Gasteiger partial charge >= 0.3 is 0 Å². The van der Waals surface area contributed by atoms with E-state index in [0.717, 1.165) is 50.6 Å². The van der Waals surface area contributed by atoms with Crippen molar-refractivity contribution in [1.82, 2.24) is 19.2 Å². The van der Waals surface area contributed by atoms with E-state index >= 15 is 0 Å². The molecule has 6 nitrogen and oxygen atoms in total. The number of likely N-dealkylation sites (tertiary alicyclic amines) is 1. The lowest BCUT2D eigenvalue weighted by molar-refractivity contribution is 0.0928. The number of aryl methyl sites for hydroxylation is 1. The van der Waals surface area contributed by atoms with Gasteiger partial charge in [0.15, 0.2) is 0 Å². The summed E-state index contributed by atoms with van der Waals surface area (Å²) in [6.45, 7) is 7.86. The molecule has 5 rings (SSSR count). The molecule has 1 aromatic carbocycles. The van der Waals surface area contributed by atoms with Crippen LogP contribution in [0.1, 0.15) is 74.5 Å². The van der Waals surface area contributed by atoms with Crippen molar-refractivity contribution < 1.29 is 9.18 Å². The van der Waals surface area contributed by atoms with Gasteiger partial charge in [0.1, 0.15) is 17.0 Å². The number of nitrogens with one attached hydrogen (secondary N) is 1. The zero-order valence-electron chi connectivity index (χ0n) is 19.7. The maximum Gasteiger partial charge on any atom is 0.275 e. The normalized spacial score (nSPS) is 20.0. The van der Waals surface area contributed by atoms with E-state index < -0.39 is 0 Å². The van der Waals surface area contributed by atoms with Gasteiger partial charge in [-0.2, -0.15) is 0 Å². The number of aromatic nitrogens is 2. The summed E-state index contributed by atoms with van der Waals surface area (Å²) >= 11 is 0. The van der Waals surface area contributed by atoms with Crippen LogP contribution in [0.4, 0.5) is 4.39 Å². The van der Waals surface area contributed by atoms with Crippen LogP contribution >= 0.6 is 0 Å². The van der Waals surface area contributed by atoms with Gasteiger partial charge < -0.3 is 9.88 Å². The molecule has 2 fully saturated rings. The molecule has 1 amide bonds. The minimum atomic E-state index is -0.348. The number of nitrogens with zero attached hydrogens (tertiary/aromatic N) is 3. The molecule has 0 radical (unpaired) electrons. The molecule has 3 heterocycles. The van der Waals surface area contributed by atoms with Crippen LogP contribution in [-0.4, -0.2) is 44.9 Å². The molecule has 7 heteroatoms. The van der Waals surface area contributed by atoms with Crippen LogP contribution in [-0.2, 0) is 0 Å². The lowest BCUT2D eigenvalue weighted by atomic mass is 10.1. The van der Waals surface area contributed by atoms with Crippen molar-refractivity contribution in [2.75, 3.05) is 13.1 Å². The summed E-state index contributed by atoms with van der Waals surface area (Å²) in [5.41, 5.74) is 2.22. The Bertz CT molecular complexity index is 1270. The first kappa shape index (κ1) is 22.1. The number of amides is 1. The molecular formula is C26H33FN4O2. The van der Waals surface area contributed by atoms with Crippen molar-refractivity contribution in [3.05, 3.63) is 51.8 Å². The highest BCUT2D eigenvalue weighted by Gasteiger charge is 2.29. The Kier molecular flexibility index (Phi) is 5.77. The van der Waals surface area contributed by atoms with Gasteiger partial charge in [-0.3, -0.25) is 18.9 Å². The second kappa shape index (κ2) is 8.60. The standard InChI is InChI=1S/C26H33FN4O2/c1-16(2)29-12-6-9-20(29)14-28-25(32)23-15-30(19-7-4-5-8-19)26(33)24-17(3)21-13-18(27)10-11-22(21)31(23)24/h10-11,13,15-16,19-20H,4-9,12,14H2,1-3H3,(H,28,32). The second-order valence-electron chi connectivity index (χ2n) is 9.97. The van der Waals surface area contributed by atoms with Crippen LogP contribution < -0.4 is 10.9 Å². The van der Waals surface area contributed by atoms with Gasteiger partial charge in [0.05, 0.1) is 5.52 Å². The molecular weight excluding hydrogens is 419 g/mol. The van der Waals surface area contributed by atoms with E-state index in [9.17, 15) is 14.0 Å². The Balaban J connectivity index is 1.61. The summed E-state index contributed by atoms with van der Waals surface area (Å²) in [4.78, 5) is 29.5. The minimum Gasteiger partial charge on any atom is -0.349 e. The average molecular weight is 453 g/mol. The molecule has 1 aliphatic heterocycles. The first-order chi connectivity index (χ1) is 15.9. The highest BCUT2D eigenvalue weighted by Crippen LogP contribution is 2.31. The number of benzene rings is 1. The van der Waals surface area contributed by atoms with E-state index in [2.05, 4.69) is 24.1 Å². The molecule has 0 spiro atoms. The molecule has 1 saturated carbocycles. The number of fused-ring (bicyclic) bond motifs is 3. The molecule has 1 saturated heterocycles. The third kappa shape index (κ3) is 3.76. The number of carbonyl (C=O) groups is 1. The Morgan fingerprint density at radius 3 is 2.67 bits per heavy atom. The summed E-state index contributed by atoms with van der Waals surface area (Å²) in [6.07, 6.45) is 8.00. The van der Waals surface area contributed by atoms with E-state index in [1.807, 2.05) is 6.92 Å². The zero-order chi connectivity index (χ0) is 23.3. The van der Waals surface area contributed by atoms with E-state index in [-0.39, 0.29) is 23.3 Å². The predicted molar refractivity (Wildman–Crippen MR) is 129 cm³/mol. The van der Waals surface area contributed by atoms with E-state index in [4.69, 9.17) is 0 Å². The second-order valence-corrected chi connectivity index (χ2v) is 9.97. The van der Waals surface area contributed by atoms with Crippen molar-refractivity contribution in [2.45, 2.75) is 77.4 Å². The van der Waals surface area contributed by atoms with Crippen LogP contribution in [0.3, 0.4) is 0 Å². The summed E-state index contributed by atoms with van der Waals surface area (Å²) in [7, 11) is 0.